The van der Waals surface area contributed by atoms with E-state index < -0.39 is 43.0 Å². The largest absolute Gasteiger partial charge is 0.296 e. The Balaban J connectivity index is 1.40. The van der Waals surface area contributed by atoms with Gasteiger partial charge in [0.25, 0.3) is 0 Å². The number of imidazole rings is 1. The van der Waals surface area contributed by atoms with E-state index >= 15 is 0 Å². The molecule has 0 saturated heterocycles. The van der Waals surface area contributed by atoms with Crippen LogP contribution in [0.25, 0.3) is 16.7 Å². The molecule has 3 aromatic carbocycles. The van der Waals surface area contributed by atoms with Gasteiger partial charge >= 0.3 is 0 Å². The highest BCUT2D eigenvalue weighted by molar-refractivity contribution is 7.92. The van der Waals surface area contributed by atoms with Crippen LogP contribution in [-0.4, -0.2) is 66.1 Å². The predicted molar refractivity (Wildman–Crippen MR) is 185 cm³/mol. The van der Waals surface area contributed by atoms with Crippen molar-refractivity contribution in [3.8, 4) is 5.69 Å². The number of nitrogens with zero attached hydrogens (tertiary/aromatic N) is 4. The van der Waals surface area contributed by atoms with Crippen LogP contribution in [-0.2, 0) is 42.1 Å². The summed E-state index contributed by atoms with van der Waals surface area (Å²) in [6, 6.07) is 21.6. The zero-order valence-electron chi connectivity index (χ0n) is 27.6. The normalized spacial score (nSPS) is 11.9. The number of fused-ring (bicyclic) bond motifs is 1. The number of sulfone groups is 2. The summed E-state index contributed by atoms with van der Waals surface area (Å²) in [5.74, 6) is -3.07. The number of hydrogen-bond acceptors (Lipinski definition) is 8. The Morgan fingerprint density at radius 3 is 1.69 bits per heavy atom. The van der Waals surface area contributed by atoms with Gasteiger partial charge in [-0.05, 0) is 82.1 Å². The summed E-state index contributed by atoms with van der Waals surface area (Å²) < 4.78 is 54.6. The number of benzene rings is 3. The highest BCUT2D eigenvalue weighted by Crippen LogP contribution is 2.25. The third kappa shape index (κ3) is 7.55. The van der Waals surface area contributed by atoms with Gasteiger partial charge in [0, 0.05) is 24.3 Å². The first-order chi connectivity index (χ1) is 22.7. The summed E-state index contributed by atoms with van der Waals surface area (Å²) >= 11 is 0. The maximum atomic E-state index is 13.5. The molecule has 2 aromatic heterocycles. The van der Waals surface area contributed by atoms with Crippen molar-refractivity contribution in [1.29, 1.82) is 0 Å². The highest BCUT2D eigenvalue weighted by atomic mass is 32.2. The molecule has 0 spiro atoms. The van der Waals surface area contributed by atoms with Crippen molar-refractivity contribution in [2.75, 3.05) is 18.1 Å². The van der Waals surface area contributed by atoms with E-state index in [2.05, 4.69) is 9.55 Å². The van der Waals surface area contributed by atoms with Crippen molar-refractivity contribution >= 4 is 42.5 Å². The quantitative estimate of drug-likeness (QED) is 0.188. The number of carbonyl (C=O) groups is 2. The van der Waals surface area contributed by atoms with Crippen LogP contribution in [0.4, 0.5) is 0 Å². The van der Waals surface area contributed by atoms with Gasteiger partial charge in [-0.2, -0.15) is 0 Å². The standard InChI is InChI=1S/C36H38N4O6S2/c1-6-33-38-36-27(5)37-26(4)21-32(36)40(33)29-13-11-28(12-14-29)19-20-39(34(41)22-47(43,44)30-15-7-24(2)8-16-30)35(42)23-48(45,46)31-17-9-25(3)10-18-31/h7-18,21H,6,19-20,22-23H2,1-5H3. The van der Waals surface area contributed by atoms with Crippen molar-refractivity contribution in [3.63, 3.8) is 0 Å². The van der Waals surface area contributed by atoms with Crippen LogP contribution in [0.1, 0.15) is 40.8 Å². The minimum atomic E-state index is -4.11. The smallest absolute Gasteiger partial charge is 0.244 e. The van der Waals surface area contributed by atoms with Crippen LogP contribution >= 0.6 is 0 Å². The number of imide groups is 1. The molecule has 0 fully saturated rings. The van der Waals surface area contributed by atoms with Crippen LogP contribution < -0.4 is 0 Å². The molecule has 48 heavy (non-hydrogen) atoms. The first-order valence-electron chi connectivity index (χ1n) is 15.6. The summed E-state index contributed by atoms with van der Waals surface area (Å²) in [6.07, 6.45) is 0.880. The zero-order chi connectivity index (χ0) is 34.8. The van der Waals surface area contributed by atoms with E-state index in [1.165, 1.54) is 24.3 Å². The number of carbonyl (C=O) groups excluding carboxylic acids is 2. The second-order valence-electron chi connectivity index (χ2n) is 11.9. The SMILES string of the molecule is CCc1nc2c(C)nc(C)cc2n1-c1ccc(CCN(C(=O)CS(=O)(=O)c2ccc(C)cc2)C(=O)CS(=O)(=O)c2ccc(C)cc2)cc1. The molecule has 0 atom stereocenters. The van der Waals surface area contributed by atoms with E-state index in [1.54, 1.807) is 24.3 Å². The fraction of sp³-hybridized carbons (Fsp3) is 0.278. The van der Waals surface area contributed by atoms with Gasteiger partial charge < -0.3 is 0 Å². The summed E-state index contributed by atoms with van der Waals surface area (Å²) in [7, 11) is -8.21. The molecule has 2 heterocycles. The average Bonchev–Trinajstić information content (AvgIpc) is 3.40. The fourth-order valence-corrected chi connectivity index (χ4v) is 7.93. The predicted octanol–water partition coefficient (Wildman–Crippen LogP) is 5.06. The molecule has 0 saturated carbocycles. The van der Waals surface area contributed by atoms with Crippen LogP contribution in [0, 0.1) is 27.7 Å². The Labute approximate surface area is 281 Å². The van der Waals surface area contributed by atoms with Crippen molar-refractivity contribution in [1.82, 2.24) is 19.4 Å². The van der Waals surface area contributed by atoms with Gasteiger partial charge in [-0.15, -0.1) is 0 Å². The first-order valence-corrected chi connectivity index (χ1v) is 18.9. The summed E-state index contributed by atoms with van der Waals surface area (Å²) in [5.41, 5.74) is 6.83. The van der Waals surface area contributed by atoms with E-state index in [0.717, 1.165) is 55.5 Å². The van der Waals surface area contributed by atoms with Gasteiger partial charge in [0.15, 0.2) is 19.7 Å². The van der Waals surface area contributed by atoms with E-state index in [1.807, 2.05) is 65.0 Å². The summed E-state index contributed by atoms with van der Waals surface area (Å²) in [6.45, 7) is 9.31. The molecule has 0 unspecified atom stereocenters. The molecule has 0 aliphatic heterocycles. The van der Waals surface area contributed by atoms with Crippen molar-refractivity contribution in [2.24, 2.45) is 0 Å². The Hall–Kier alpha value is -4.68. The van der Waals surface area contributed by atoms with Gasteiger partial charge in [0.2, 0.25) is 11.8 Å². The van der Waals surface area contributed by atoms with E-state index in [-0.39, 0.29) is 22.8 Å². The topological polar surface area (TPSA) is 136 Å². The molecule has 250 valence electrons. The average molecular weight is 687 g/mol. The molecule has 12 heteroatoms. The highest BCUT2D eigenvalue weighted by Gasteiger charge is 2.31. The fourth-order valence-electron chi connectivity index (χ4n) is 5.53. The van der Waals surface area contributed by atoms with E-state index in [0.29, 0.717) is 6.42 Å². The van der Waals surface area contributed by atoms with Crippen LogP contribution in [0.5, 0.6) is 0 Å². The molecule has 0 aliphatic rings. The molecule has 0 radical (unpaired) electrons. The number of aryl methyl sites for hydroxylation is 5. The van der Waals surface area contributed by atoms with Gasteiger partial charge in [-0.1, -0.05) is 54.4 Å². The minimum Gasteiger partial charge on any atom is -0.296 e. The Morgan fingerprint density at radius 2 is 1.21 bits per heavy atom. The maximum absolute atomic E-state index is 13.5. The molecular formula is C36H38N4O6S2. The number of aromatic nitrogens is 3. The second-order valence-corrected chi connectivity index (χ2v) is 15.9. The van der Waals surface area contributed by atoms with Gasteiger partial charge in [0.1, 0.15) is 22.8 Å². The summed E-state index contributed by atoms with van der Waals surface area (Å²) in [4.78, 5) is 37.0. The van der Waals surface area contributed by atoms with Crippen molar-refractivity contribution in [3.05, 3.63) is 113 Å². The first kappa shape index (κ1) is 34.6. The second kappa shape index (κ2) is 13.8. The van der Waals surface area contributed by atoms with Gasteiger partial charge in [-0.25, -0.2) is 21.8 Å². The molecule has 10 nitrogen and oxygen atoms in total. The van der Waals surface area contributed by atoms with Crippen LogP contribution in [0.3, 0.4) is 0 Å². The van der Waals surface area contributed by atoms with Crippen LogP contribution in [0.2, 0.25) is 0 Å². The molecular weight excluding hydrogens is 649 g/mol. The molecule has 0 bridgehead atoms. The van der Waals surface area contributed by atoms with Gasteiger partial charge in [0.05, 0.1) is 21.0 Å². The number of pyridine rings is 1. The Morgan fingerprint density at radius 1 is 0.708 bits per heavy atom. The molecule has 2 amide bonds. The monoisotopic (exact) mass is 686 g/mol. The van der Waals surface area contributed by atoms with Crippen molar-refractivity contribution in [2.45, 2.75) is 57.3 Å². The number of amides is 2. The lowest BCUT2D eigenvalue weighted by atomic mass is 10.1. The number of hydrogen-bond donors (Lipinski definition) is 0. The Bertz CT molecular complexity index is 2120. The maximum Gasteiger partial charge on any atom is 0.244 e. The molecule has 5 aromatic rings. The molecule has 0 aliphatic carbocycles. The lowest BCUT2D eigenvalue weighted by Crippen LogP contribution is -2.44. The van der Waals surface area contributed by atoms with E-state index in [9.17, 15) is 26.4 Å². The molecule has 0 N–H and O–H groups in total. The third-order valence-electron chi connectivity index (χ3n) is 8.14. The number of rotatable bonds is 11. The van der Waals surface area contributed by atoms with Crippen LogP contribution in [0.15, 0.2) is 88.7 Å². The lowest BCUT2D eigenvalue weighted by Gasteiger charge is -2.21. The summed E-state index contributed by atoms with van der Waals surface area (Å²) in [5, 5.41) is 0. The van der Waals surface area contributed by atoms with Crippen molar-refractivity contribution < 1.29 is 26.4 Å². The molecule has 5 rings (SSSR count). The zero-order valence-corrected chi connectivity index (χ0v) is 29.2. The van der Waals surface area contributed by atoms with E-state index in [4.69, 9.17) is 4.98 Å². The Kier molecular flexibility index (Phi) is 9.97. The van der Waals surface area contributed by atoms with Gasteiger partial charge in [-0.3, -0.25) is 24.0 Å². The minimum absolute atomic E-state index is 0.0589. The third-order valence-corrected chi connectivity index (χ3v) is 11.4. The lowest BCUT2D eigenvalue weighted by molar-refractivity contribution is -0.141.